The molecule has 0 bridgehead atoms. The molecule has 0 amide bonds. The van der Waals surface area contributed by atoms with E-state index in [4.69, 9.17) is 25.7 Å². The minimum atomic E-state index is -0.756. The summed E-state index contributed by atoms with van der Waals surface area (Å²) in [6.45, 7) is 3.46. The Hall–Kier alpha value is -2.01. The highest BCUT2D eigenvalue weighted by atomic mass is 16.8. The molecule has 2 aromatic rings. The molecule has 2 saturated heterocycles. The first-order chi connectivity index (χ1) is 10.9. The molecule has 0 aromatic carbocycles. The van der Waals surface area contributed by atoms with Gasteiger partial charge in [0.2, 0.25) is 5.95 Å². The van der Waals surface area contributed by atoms with Gasteiger partial charge in [-0.05, 0) is 13.8 Å². The van der Waals surface area contributed by atoms with Crippen LogP contribution >= 0.6 is 0 Å². The third-order valence-electron chi connectivity index (χ3n) is 4.05. The first-order valence-electron chi connectivity index (χ1n) is 7.27. The number of aliphatic hydroxyl groups excluding tert-OH is 1. The topological polar surface area (TPSA) is 144 Å². The second kappa shape index (κ2) is 4.74. The fraction of sp³-hybridized carbons (Fsp3) is 0.615. The van der Waals surface area contributed by atoms with Crippen molar-refractivity contribution >= 4 is 22.9 Å². The van der Waals surface area contributed by atoms with Crippen LogP contribution < -0.4 is 11.5 Å². The van der Waals surface area contributed by atoms with E-state index in [9.17, 15) is 5.11 Å². The van der Waals surface area contributed by atoms with Crippen molar-refractivity contribution in [3.05, 3.63) is 6.33 Å². The van der Waals surface area contributed by atoms with Crippen LogP contribution in [-0.4, -0.2) is 55.3 Å². The number of imidazole rings is 1. The minimum absolute atomic E-state index is 0.0499. The second-order valence-electron chi connectivity index (χ2n) is 6.10. The van der Waals surface area contributed by atoms with Crippen LogP contribution in [-0.2, 0) is 14.2 Å². The van der Waals surface area contributed by atoms with Gasteiger partial charge in [-0.1, -0.05) is 0 Å². The summed E-state index contributed by atoms with van der Waals surface area (Å²) in [5.41, 5.74) is 12.4. The number of nitrogen functional groups attached to an aromatic ring is 2. The molecule has 2 fully saturated rings. The predicted molar refractivity (Wildman–Crippen MR) is 79.0 cm³/mol. The van der Waals surface area contributed by atoms with Crippen LogP contribution in [0.3, 0.4) is 0 Å². The molecule has 4 unspecified atom stereocenters. The van der Waals surface area contributed by atoms with Gasteiger partial charge < -0.3 is 30.8 Å². The first kappa shape index (κ1) is 14.6. The maximum absolute atomic E-state index is 9.55. The Balaban J connectivity index is 1.79. The van der Waals surface area contributed by atoms with Crippen LogP contribution in [0.5, 0.6) is 0 Å². The van der Waals surface area contributed by atoms with Crippen molar-refractivity contribution in [3.8, 4) is 0 Å². The summed E-state index contributed by atoms with van der Waals surface area (Å²) in [6, 6.07) is 0. The van der Waals surface area contributed by atoms with E-state index in [1.807, 2.05) is 13.8 Å². The lowest BCUT2D eigenvalue weighted by Gasteiger charge is -2.24. The van der Waals surface area contributed by atoms with E-state index in [1.165, 1.54) is 0 Å². The summed E-state index contributed by atoms with van der Waals surface area (Å²) in [5, 5.41) is 9.55. The number of fused-ring (bicyclic) bond motifs is 2. The summed E-state index contributed by atoms with van der Waals surface area (Å²) in [7, 11) is 0. The number of anilines is 2. The number of hydrogen-bond donors (Lipinski definition) is 3. The molecule has 2 aliphatic heterocycles. The average molecular weight is 322 g/mol. The highest BCUT2D eigenvalue weighted by Gasteiger charge is 2.55. The van der Waals surface area contributed by atoms with Gasteiger partial charge in [0.15, 0.2) is 23.5 Å². The quantitative estimate of drug-likeness (QED) is 0.660. The fourth-order valence-corrected chi connectivity index (χ4v) is 3.17. The summed E-state index contributed by atoms with van der Waals surface area (Å²) in [6.07, 6.45) is -0.296. The number of rotatable bonds is 2. The van der Waals surface area contributed by atoms with Crippen molar-refractivity contribution in [3.63, 3.8) is 0 Å². The highest BCUT2D eigenvalue weighted by molar-refractivity contribution is 5.82. The average Bonchev–Trinajstić information content (AvgIpc) is 3.09. The number of aromatic nitrogens is 4. The van der Waals surface area contributed by atoms with Crippen LogP contribution in [0.1, 0.15) is 20.1 Å². The molecule has 0 spiro atoms. The third-order valence-corrected chi connectivity index (χ3v) is 4.05. The Kier molecular flexibility index (Phi) is 3.00. The van der Waals surface area contributed by atoms with Gasteiger partial charge in [0, 0.05) is 0 Å². The van der Waals surface area contributed by atoms with Gasteiger partial charge in [-0.3, -0.25) is 4.57 Å². The van der Waals surface area contributed by atoms with Crippen LogP contribution in [0.25, 0.3) is 11.2 Å². The van der Waals surface area contributed by atoms with Gasteiger partial charge >= 0.3 is 0 Å². The molecule has 4 rings (SSSR count). The van der Waals surface area contributed by atoms with Crippen LogP contribution in [0, 0.1) is 0 Å². The molecule has 4 atom stereocenters. The molecule has 2 aliphatic rings. The van der Waals surface area contributed by atoms with E-state index in [2.05, 4.69) is 15.0 Å². The maximum Gasteiger partial charge on any atom is 0.224 e. The minimum Gasteiger partial charge on any atom is -0.394 e. The molecule has 10 nitrogen and oxygen atoms in total. The Morgan fingerprint density at radius 2 is 2.00 bits per heavy atom. The lowest BCUT2D eigenvalue weighted by atomic mass is 10.1. The van der Waals surface area contributed by atoms with Crippen molar-refractivity contribution < 1.29 is 19.3 Å². The van der Waals surface area contributed by atoms with Crippen LogP contribution in [0.2, 0.25) is 0 Å². The van der Waals surface area contributed by atoms with Crippen LogP contribution in [0.4, 0.5) is 11.8 Å². The van der Waals surface area contributed by atoms with Crippen LogP contribution in [0.15, 0.2) is 6.33 Å². The standard InChI is InChI=1S/C13H18N6O4/c1-13(2)22-7-5(3-20)21-11(8(7)23-13)19-4-16-6-9(14)17-12(15)18-10(6)19/h4-5,7-8,11,20H,3H2,1-2H3,(H4,14,15,17,18). The smallest absolute Gasteiger partial charge is 0.224 e. The van der Waals surface area contributed by atoms with E-state index in [1.54, 1.807) is 10.9 Å². The second-order valence-corrected chi connectivity index (χ2v) is 6.10. The highest BCUT2D eigenvalue weighted by Crippen LogP contribution is 2.43. The Bertz CT molecular complexity index is 762. The summed E-state index contributed by atoms with van der Waals surface area (Å²) in [5.74, 6) is -0.508. The maximum atomic E-state index is 9.55. The largest absolute Gasteiger partial charge is 0.394 e. The monoisotopic (exact) mass is 322 g/mol. The molecule has 0 aliphatic carbocycles. The van der Waals surface area contributed by atoms with Crippen molar-refractivity contribution in [2.75, 3.05) is 18.1 Å². The summed E-state index contributed by atoms with van der Waals surface area (Å²) < 4.78 is 19.3. The summed E-state index contributed by atoms with van der Waals surface area (Å²) >= 11 is 0. The number of nitrogens with zero attached hydrogens (tertiary/aromatic N) is 4. The van der Waals surface area contributed by atoms with Crippen molar-refractivity contribution in [1.29, 1.82) is 0 Å². The van der Waals surface area contributed by atoms with Crippen molar-refractivity contribution in [1.82, 2.24) is 19.5 Å². The number of nitrogens with two attached hydrogens (primary N) is 2. The molecule has 5 N–H and O–H groups in total. The fourth-order valence-electron chi connectivity index (χ4n) is 3.17. The molecule has 4 heterocycles. The Labute approximate surface area is 131 Å². The van der Waals surface area contributed by atoms with Gasteiger partial charge in [0.1, 0.15) is 23.8 Å². The third kappa shape index (κ3) is 2.14. The van der Waals surface area contributed by atoms with E-state index in [-0.39, 0.29) is 24.5 Å². The molecule has 10 heteroatoms. The SMILES string of the molecule is CC1(C)OC2C(CO)OC(n3cnc4c(N)nc(N)nc43)C2O1. The summed E-state index contributed by atoms with van der Waals surface area (Å²) in [4.78, 5) is 12.3. The number of hydrogen-bond acceptors (Lipinski definition) is 9. The first-order valence-corrected chi connectivity index (χ1v) is 7.27. The van der Waals surface area contributed by atoms with Crippen molar-refractivity contribution in [2.24, 2.45) is 0 Å². The lowest BCUT2D eigenvalue weighted by molar-refractivity contribution is -0.199. The molecule has 124 valence electrons. The molecular formula is C13H18N6O4. The Morgan fingerprint density at radius 1 is 1.26 bits per heavy atom. The normalized spacial score (nSPS) is 32.5. The predicted octanol–water partition coefficient (Wildman–Crippen LogP) is -0.599. The van der Waals surface area contributed by atoms with E-state index in [0.717, 1.165) is 0 Å². The zero-order valence-electron chi connectivity index (χ0n) is 12.7. The van der Waals surface area contributed by atoms with Crippen molar-refractivity contribution in [2.45, 2.75) is 44.2 Å². The number of aliphatic hydroxyl groups is 1. The van der Waals surface area contributed by atoms with Gasteiger partial charge in [0.05, 0.1) is 12.9 Å². The number of ether oxygens (including phenoxy) is 3. The lowest BCUT2D eigenvalue weighted by Crippen LogP contribution is -2.31. The molecule has 23 heavy (non-hydrogen) atoms. The Morgan fingerprint density at radius 3 is 2.74 bits per heavy atom. The molecule has 0 radical (unpaired) electrons. The zero-order valence-corrected chi connectivity index (χ0v) is 12.7. The van der Waals surface area contributed by atoms with Gasteiger partial charge in [0.25, 0.3) is 0 Å². The van der Waals surface area contributed by atoms with E-state index >= 15 is 0 Å². The van der Waals surface area contributed by atoms with Gasteiger partial charge in [-0.25, -0.2) is 4.98 Å². The van der Waals surface area contributed by atoms with Gasteiger partial charge in [-0.2, -0.15) is 9.97 Å². The molecule has 0 saturated carbocycles. The van der Waals surface area contributed by atoms with E-state index in [0.29, 0.717) is 11.2 Å². The van der Waals surface area contributed by atoms with Gasteiger partial charge in [-0.15, -0.1) is 0 Å². The zero-order chi connectivity index (χ0) is 16.4. The van der Waals surface area contributed by atoms with E-state index < -0.39 is 24.2 Å². The molecule has 2 aromatic heterocycles. The molecular weight excluding hydrogens is 304 g/mol.